The zero-order chi connectivity index (χ0) is 12.3. The van der Waals surface area contributed by atoms with Gasteiger partial charge in [-0.2, -0.15) is 5.26 Å². The summed E-state index contributed by atoms with van der Waals surface area (Å²) in [5.74, 6) is 5.44. The second-order valence-electron chi connectivity index (χ2n) is 3.48. The Morgan fingerprint density at radius 2 is 1.76 bits per heavy atom. The van der Waals surface area contributed by atoms with Gasteiger partial charge in [-0.25, -0.2) is 4.68 Å². The minimum Gasteiger partial charge on any atom is -0.354 e. The third-order valence-corrected chi connectivity index (χ3v) is 2.24. The van der Waals surface area contributed by atoms with Crippen LogP contribution in [0.1, 0.15) is 5.56 Å². The third kappa shape index (κ3) is 2.44. The summed E-state index contributed by atoms with van der Waals surface area (Å²) >= 11 is 0. The maximum atomic E-state index is 11.1. The summed E-state index contributed by atoms with van der Waals surface area (Å²) in [7, 11) is 0. The quantitative estimate of drug-likeness (QED) is 0.753. The molecule has 0 unspecified atom stereocenters. The van der Waals surface area contributed by atoms with Gasteiger partial charge in [0.25, 0.3) is 5.56 Å². The number of rotatable bonds is 2. The van der Waals surface area contributed by atoms with Crippen molar-refractivity contribution in [2.45, 2.75) is 0 Å². The fraction of sp³-hybridized carbons (Fsp3) is 0. The number of hydrogen-bond donors (Lipinski definition) is 2. The fourth-order valence-electron chi connectivity index (χ4n) is 1.37. The Hall–Kier alpha value is -2.74. The van der Waals surface area contributed by atoms with E-state index in [0.717, 1.165) is 10.4 Å². The molecule has 0 saturated carbocycles. The van der Waals surface area contributed by atoms with Crippen molar-refractivity contribution in [2.75, 3.05) is 11.2 Å². The van der Waals surface area contributed by atoms with Crippen molar-refractivity contribution in [3.63, 3.8) is 0 Å². The van der Waals surface area contributed by atoms with E-state index in [-0.39, 0.29) is 5.56 Å². The number of nitriles is 1. The van der Waals surface area contributed by atoms with Gasteiger partial charge in [0.15, 0.2) is 0 Å². The van der Waals surface area contributed by atoms with Gasteiger partial charge in [0.1, 0.15) is 0 Å². The number of nitrogens with zero attached hydrogens (tertiary/aromatic N) is 2. The molecule has 0 aliphatic carbocycles. The molecule has 17 heavy (non-hydrogen) atoms. The summed E-state index contributed by atoms with van der Waals surface area (Å²) in [5, 5.41) is 11.7. The monoisotopic (exact) mass is 226 g/mol. The van der Waals surface area contributed by atoms with Gasteiger partial charge in [0.2, 0.25) is 0 Å². The highest BCUT2D eigenvalue weighted by atomic mass is 16.1. The molecule has 1 aromatic heterocycles. The Labute approximate surface area is 97.7 Å². The van der Waals surface area contributed by atoms with Gasteiger partial charge in [0, 0.05) is 11.8 Å². The molecule has 0 bridgehead atoms. The molecule has 5 nitrogen and oxygen atoms in total. The molecular weight excluding hydrogens is 216 g/mol. The summed E-state index contributed by atoms with van der Waals surface area (Å²) < 4.78 is 1.01. The molecule has 2 rings (SSSR count). The van der Waals surface area contributed by atoms with Gasteiger partial charge in [-0.05, 0) is 30.3 Å². The molecular formula is C12H10N4O. The van der Waals surface area contributed by atoms with Crippen LogP contribution in [0.5, 0.6) is 0 Å². The van der Waals surface area contributed by atoms with Crippen LogP contribution in [0.2, 0.25) is 0 Å². The molecule has 1 aromatic carbocycles. The van der Waals surface area contributed by atoms with Crippen molar-refractivity contribution in [3.8, 4) is 6.07 Å². The molecule has 0 atom stereocenters. The van der Waals surface area contributed by atoms with E-state index in [4.69, 9.17) is 11.1 Å². The Kier molecular flexibility index (Phi) is 2.79. The van der Waals surface area contributed by atoms with Gasteiger partial charge in [-0.15, -0.1) is 0 Å². The van der Waals surface area contributed by atoms with Crippen LogP contribution >= 0.6 is 0 Å². The maximum absolute atomic E-state index is 11.1. The average molecular weight is 226 g/mol. The van der Waals surface area contributed by atoms with E-state index in [1.165, 1.54) is 12.3 Å². The molecule has 0 aliphatic heterocycles. The van der Waals surface area contributed by atoms with Crippen molar-refractivity contribution in [2.24, 2.45) is 0 Å². The fourth-order valence-corrected chi connectivity index (χ4v) is 1.37. The van der Waals surface area contributed by atoms with Gasteiger partial charge < -0.3 is 11.2 Å². The third-order valence-electron chi connectivity index (χ3n) is 2.24. The van der Waals surface area contributed by atoms with Crippen molar-refractivity contribution >= 4 is 11.4 Å². The van der Waals surface area contributed by atoms with Crippen LogP contribution in [-0.4, -0.2) is 4.68 Å². The Balaban J connectivity index is 2.22. The van der Waals surface area contributed by atoms with Crippen LogP contribution in [-0.2, 0) is 0 Å². The first-order chi connectivity index (χ1) is 8.19. The highest BCUT2D eigenvalue weighted by Crippen LogP contribution is 2.15. The molecule has 3 N–H and O–H groups in total. The van der Waals surface area contributed by atoms with E-state index < -0.39 is 0 Å². The summed E-state index contributed by atoms with van der Waals surface area (Å²) in [4.78, 5) is 11.1. The summed E-state index contributed by atoms with van der Waals surface area (Å²) in [6.07, 6.45) is 1.50. The summed E-state index contributed by atoms with van der Waals surface area (Å²) in [6, 6.07) is 12.0. The lowest BCUT2D eigenvalue weighted by Gasteiger charge is -2.07. The van der Waals surface area contributed by atoms with Gasteiger partial charge in [-0.3, -0.25) is 4.79 Å². The number of hydrogen-bond acceptors (Lipinski definition) is 4. The van der Waals surface area contributed by atoms with Gasteiger partial charge in [-0.1, -0.05) is 0 Å². The number of benzene rings is 1. The number of nitrogens with one attached hydrogen (secondary N) is 1. The molecule has 0 saturated heterocycles. The summed E-state index contributed by atoms with van der Waals surface area (Å²) in [5.41, 5.74) is 1.86. The van der Waals surface area contributed by atoms with Crippen LogP contribution in [0.15, 0.2) is 47.4 Å². The van der Waals surface area contributed by atoms with E-state index in [1.807, 2.05) is 6.07 Å². The van der Waals surface area contributed by atoms with Gasteiger partial charge in [0.05, 0.1) is 23.5 Å². The van der Waals surface area contributed by atoms with E-state index in [9.17, 15) is 4.79 Å². The SMILES string of the molecule is N#Cc1ccc(Nc2ccc(=O)n(N)c2)cc1. The van der Waals surface area contributed by atoms with E-state index in [0.29, 0.717) is 11.3 Å². The molecule has 1 heterocycles. The minimum absolute atomic E-state index is 0.268. The molecule has 0 fully saturated rings. The van der Waals surface area contributed by atoms with Crippen LogP contribution < -0.4 is 16.7 Å². The van der Waals surface area contributed by atoms with Crippen LogP contribution in [0.25, 0.3) is 0 Å². The van der Waals surface area contributed by atoms with Crippen molar-refractivity contribution < 1.29 is 0 Å². The largest absolute Gasteiger partial charge is 0.354 e. The number of nitrogens with two attached hydrogens (primary N) is 1. The topological polar surface area (TPSA) is 83.8 Å². The average Bonchev–Trinajstić information content (AvgIpc) is 2.35. The molecule has 2 aromatic rings. The van der Waals surface area contributed by atoms with E-state index >= 15 is 0 Å². The summed E-state index contributed by atoms with van der Waals surface area (Å²) in [6.45, 7) is 0. The normalized spacial score (nSPS) is 9.59. The number of aromatic nitrogens is 1. The van der Waals surface area contributed by atoms with E-state index in [2.05, 4.69) is 5.32 Å². The van der Waals surface area contributed by atoms with Crippen LogP contribution in [0, 0.1) is 11.3 Å². The molecule has 84 valence electrons. The number of nitrogen functional groups attached to an aromatic ring is 1. The molecule has 0 aliphatic rings. The van der Waals surface area contributed by atoms with Crippen molar-refractivity contribution in [1.82, 2.24) is 4.68 Å². The first kappa shape index (κ1) is 10.8. The molecule has 0 spiro atoms. The van der Waals surface area contributed by atoms with Crippen molar-refractivity contribution in [3.05, 3.63) is 58.5 Å². The number of pyridine rings is 1. The standard InChI is InChI=1S/C12H10N4O/c13-7-9-1-3-10(4-2-9)15-11-5-6-12(17)16(14)8-11/h1-6,8,15H,14H2. The van der Waals surface area contributed by atoms with Gasteiger partial charge >= 0.3 is 0 Å². The van der Waals surface area contributed by atoms with Crippen LogP contribution in [0.3, 0.4) is 0 Å². The minimum atomic E-state index is -0.268. The molecule has 0 radical (unpaired) electrons. The number of anilines is 2. The molecule has 0 amide bonds. The zero-order valence-corrected chi connectivity index (χ0v) is 8.92. The first-order valence-electron chi connectivity index (χ1n) is 4.94. The lowest BCUT2D eigenvalue weighted by molar-refractivity contribution is 0.939. The first-order valence-corrected chi connectivity index (χ1v) is 4.94. The highest BCUT2D eigenvalue weighted by molar-refractivity contribution is 5.59. The van der Waals surface area contributed by atoms with Crippen LogP contribution in [0.4, 0.5) is 11.4 Å². The lowest BCUT2D eigenvalue weighted by Crippen LogP contribution is -2.25. The Morgan fingerprint density at radius 1 is 1.12 bits per heavy atom. The Morgan fingerprint density at radius 3 is 2.35 bits per heavy atom. The lowest BCUT2D eigenvalue weighted by atomic mass is 10.2. The van der Waals surface area contributed by atoms with E-state index in [1.54, 1.807) is 30.3 Å². The molecule has 5 heteroatoms. The second-order valence-corrected chi connectivity index (χ2v) is 3.48. The Bertz CT molecular complexity index is 622. The highest BCUT2D eigenvalue weighted by Gasteiger charge is 1.97. The predicted octanol–water partition coefficient (Wildman–Crippen LogP) is 1.18. The smallest absolute Gasteiger partial charge is 0.268 e. The van der Waals surface area contributed by atoms with Crippen molar-refractivity contribution in [1.29, 1.82) is 5.26 Å². The predicted molar refractivity (Wildman–Crippen MR) is 65.3 cm³/mol. The second kappa shape index (κ2) is 4.41. The maximum Gasteiger partial charge on any atom is 0.268 e. The zero-order valence-electron chi connectivity index (χ0n) is 8.92.